The van der Waals surface area contributed by atoms with Crippen LogP contribution in [0.1, 0.15) is 0 Å². The third-order valence-electron chi connectivity index (χ3n) is 3.02. The Hall–Kier alpha value is -3.16. The van der Waals surface area contributed by atoms with Gasteiger partial charge in [-0.3, -0.25) is 4.79 Å². The van der Waals surface area contributed by atoms with Crippen molar-refractivity contribution in [2.75, 3.05) is 14.2 Å². The van der Waals surface area contributed by atoms with Gasteiger partial charge in [0.2, 0.25) is 5.82 Å². The first kappa shape index (κ1) is 13.8. The van der Waals surface area contributed by atoms with Gasteiger partial charge < -0.3 is 19.0 Å². The molecule has 1 N–H and O–H groups in total. The van der Waals surface area contributed by atoms with E-state index >= 15 is 0 Å². The smallest absolute Gasteiger partial charge is 0.265 e. The molecule has 0 amide bonds. The Kier molecular flexibility index (Phi) is 3.57. The van der Waals surface area contributed by atoms with Crippen molar-refractivity contribution in [2.45, 2.75) is 0 Å². The summed E-state index contributed by atoms with van der Waals surface area (Å²) in [6.45, 7) is 0. The number of H-pyrrole nitrogens is 1. The summed E-state index contributed by atoms with van der Waals surface area (Å²) in [4.78, 5) is 22.2. The maximum absolute atomic E-state index is 11.7. The first-order chi connectivity index (χ1) is 10.7. The van der Waals surface area contributed by atoms with Crippen molar-refractivity contribution >= 4 is 0 Å². The number of ether oxygens (including phenoxy) is 2. The quantitative estimate of drug-likeness (QED) is 0.778. The van der Waals surface area contributed by atoms with Crippen LogP contribution in [-0.4, -0.2) is 34.3 Å². The molecule has 0 unspecified atom stereocenters. The predicted octanol–water partition coefficient (Wildman–Crippen LogP) is 1.50. The summed E-state index contributed by atoms with van der Waals surface area (Å²) < 4.78 is 15.5. The summed E-state index contributed by atoms with van der Waals surface area (Å²) in [5.41, 5.74) is 0.534. The van der Waals surface area contributed by atoms with Crippen molar-refractivity contribution < 1.29 is 14.0 Å². The molecule has 0 saturated heterocycles. The molecule has 1 aromatic carbocycles. The Morgan fingerprint density at radius 3 is 2.73 bits per heavy atom. The molecule has 0 bridgehead atoms. The van der Waals surface area contributed by atoms with E-state index in [0.29, 0.717) is 22.9 Å². The summed E-state index contributed by atoms with van der Waals surface area (Å²) in [6.07, 6.45) is 2.65. The van der Waals surface area contributed by atoms with Crippen molar-refractivity contribution in [1.29, 1.82) is 0 Å². The zero-order valence-electron chi connectivity index (χ0n) is 11.9. The SMILES string of the molecule is COc1ccc(-c2noc(-c3cnc[nH]c3=O)n2)cc1OC. The number of aromatic nitrogens is 4. The molecule has 0 fully saturated rings. The molecular formula is C14H12N4O4. The number of rotatable bonds is 4. The zero-order valence-corrected chi connectivity index (χ0v) is 11.9. The summed E-state index contributed by atoms with van der Waals surface area (Å²) in [5, 5.41) is 3.87. The van der Waals surface area contributed by atoms with Crippen molar-refractivity contribution in [3.8, 4) is 34.3 Å². The Bertz CT molecular complexity index is 856. The van der Waals surface area contributed by atoms with Gasteiger partial charge in [-0.1, -0.05) is 5.16 Å². The highest BCUT2D eigenvalue weighted by molar-refractivity contribution is 5.62. The van der Waals surface area contributed by atoms with Gasteiger partial charge in [0.1, 0.15) is 5.56 Å². The average Bonchev–Trinajstić information content (AvgIpc) is 3.04. The van der Waals surface area contributed by atoms with Crippen LogP contribution in [0.15, 0.2) is 40.0 Å². The number of methoxy groups -OCH3 is 2. The van der Waals surface area contributed by atoms with Crippen molar-refractivity contribution in [1.82, 2.24) is 20.1 Å². The zero-order chi connectivity index (χ0) is 15.5. The molecule has 3 aromatic rings. The first-order valence-corrected chi connectivity index (χ1v) is 6.32. The average molecular weight is 300 g/mol. The van der Waals surface area contributed by atoms with Crippen LogP contribution in [0.2, 0.25) is 0 Å². The van der Waals surface area contributed by atoms with Gasteiger partial charge in [0.05, 0.1) is 20.5 Å². The van der Waals surface area contributed by atoms with Crippen LogP contribution in [0.5, 0.6) is 11.5 Å². The standard InChI is InChI=1S/C14H12N4O4/c1-20-10-4-3-8(5-11(10)21-2)12-17-14(22-18-12)9-6-15-7-16-13(9)19/h3-7H,1-2H3,(H,15,16,19). The van der Waals surface area contributed by atoms with Gasteiger partial charge in [-0.25, -0.2) is 4.98 Å². The molecule has 2 heterocycles. The van der Waals surface area contributed by atoms with Crippen LogP contribution < -0.4 is 15.0 Å². The number of nitrogens with one attached hydrogen (secondary N) is 1. The molecule has 2 aromatic heterocycles. The normalized spacial score (nSPS) is 10.5. The van der Waals surface area contributed by atoms with Crippen LogP contribution in [0.25, 0.3) is 22.8 Å². The van der Waals surface area contributed by atoms with Gasteiger partial charge in [-0.15, -0.1) is 0 Å². The number of aromatic amines is 1. The third kappa shape index (κ3) is 2.41. The predicted molar refractivity (Wildman–Crippen MR) is 76.7 cm³/mol. The van der Waals surface area contributed by atoms with E-state index in [1.54, 1.807) is 32.4 Å². The van der Waals surface area contributed by atoms with Gasteiger partial charge in [0, 0.05) is 11.8 Å². The lowest BCUT2D eigenvalue weighted by Crippen LogP contribution is -2.08. The van der Waals surface area contributed by atoms with E-state index in [0.717, 1.165) is 0 Å². The summed E-state index contributed by atoms with van der Waals surface area (Å²) in [6, 6.07) is 5.23. The second-order valence-electron chi connectivity index (χ2n) is 4.29. The Balaban J connectivity index is 2.01. The molecule has 0 aliphatic rings. The van der Waals surface area contributed by atoms with E-state index < -0.39 is 0 Å². The number of nitrogens with zero attached hydrogens (tertiary/aromatic N) is 3. The fourth-order valence-electron chi connectivity index (χ4n) is 1.92. The van der Waals surface area contributed by atoms with Gasteiger partial charge in [0.15, 0.2) is 11.5 Å². The molecule has 0 radical (unpaired) electrons. The number of benzene rings is 1. The minimum absolute atomic E-state index is 0.0964. The van der Waals surface area contributed by atoms with Gasteiger partial charge in [-0.2, -0.15) is 4.98 Å². The van der Waals surface area contributed by atoms with Crippen LogP contribution >= 0.6 is 0 Å². The fourth-order valence-corrected chi connectivity index (χ4v) is 1.92. The second-order valence-corrected chi connectivity index (χ2v) is 4.29. The minimum Gasteiger partial charge on any atom is -0.493 e. The van der Waals surface area contributed by atoms with Crippen molar-refractivity contribution in [3.63, 3.8) is 0 Å². The topological polar surface area (TPSA) is 103 Å². The molecule has 0 aliphatic heterocycles. The highest BCUT2D eigenvalue weighted by Gasteiger charge is 2.15. The van der Waals surface area contributed by atoms with E-state index in [1.165, 1.54) is 12.5 Å². The molecular weight excluding hydrogens is 288 g/mol. The molecule has 0 spiro atoms. The maximum Gasteiger partial charge on any atom is 0.265 e. The number of hydrogen-bond acceptors (Lipinski definition) is 7. The van der Waals surface area contributed by atoms with Crippen molar-refractivity contribution in [2.24, 2.45) is 0 Å². The first-order valence-electron chi connectivity index (χ1n) is 6.32. The molecule has 8 heteroatoms. The van der Waals surface area contributed by atoms with Crippen LogP contribution in [0.4, 0.5) is 0 Å². The van der Waals surface area contributed by atoms with Crippen LogP contribution in [0, 0.1) is 0 Å². The number of hydrogen-bond donors (Lipinski definition) is 1. The molecule has 8 nitrogen and oxygen atoms in total. The molecule has 0 aliphatic carbocycles. The summed E-state index contributed by atoms with van der Waals surface area (Å²) >= 11 is 0. The summed E-state index contributed by atoms with van der Waals surface area (Å²) in [5.74, 6) is 1.57. The monoisotopic (exact) mass is 300 g/mol. The summed E-state index contributed by atoms with van der Waals surface area (Å²) in [7, 11) is 3.09. The van der Waals surface area contributed by atoms with E-state index in [-0.39, 0.29) is 17.0 Å². The largest absolute Gasteiger partial charge is 0.493 e. The highest BCUT2D eigenvalue weighted by atomic mass is 16.5. The Morgan fingerprint density at radius 1 is 1.18 bits per heavy atom. The molecule has 112 valence electrons. The van der Waals surface area contributed by atoms with Gasteiger partial charge in [0.25, 0.3) is 11.4 Å². The second kappa shape index (κ2) is 5.68. The molecule has 0 atom stereocenters. The lowest BCUT2D eigenvalue weighted by Gasteiger charge is -2.07. The highest BCUT2D eigenvalue weighted by Crippen LogP contribution is 2.31. The van der Waals surface area contributed by atoms with Crippen LogP contribution in [0.3, 0.4) is 0 Å². The third-order valence-corrected chi connectivity index (χ3v) is 3.02. The lowest BCUT2D eigenvalue weighted by atomic mass is 10.2. The molecule has 22 heavy (non-hydrogen) atoms. The Labute approximate surface area is 124 Å². The van der Waals surface area contributed by atoms with Gasteiger partial charge in [-0.05, 0) is 18.2 Å². The van der Waals surface area contributed by atoms with Crippen LogP contribution in [-0.2, 0) is 0 Å². The van der Waals surface area contributed by atoms with E-state index in [9.17, 15) is 4.79 Å². The van der Waals surface area contributed by atoms with Gasteiger partial charge >= 0.3 is 0 Å². The molecule has 0 saturated carbocycles. The maximum atomic E-state index is 11.7. The van der Waals surface area contributed by atoms with E-state index in [4.69, 9.17) is 14.0 Å². The lowest BCUT2D eigenvalue weighted by molar-refractivity contribution is 0.355. The molecule has 3 rings (SSSR count). The van der Waals surface area contributed by atoms with E-state index in [1.807, 2.05) is 0 Å². The van der Waals surface area contributed by atoms with Crippen molar-refractivity contribution in [3.05, 3.63) is 41.1 Å². The minimum atomic E-state index is -0.350. The Morgan fingerprint density at radius 2 is 2.00 bits per heavy atom. The van der Waals surface area contributed by atoms with E-state index in [2.05, 4.69) is 20.1 Å². The fraction of sp³-hybridized carbons (Fsp3) is 0.143.